The third-order valence-corrected chi connectivity index (χ3v) is 5.56. The van der Waals surface area contributed by atoms with Crippen LogP contribution in [0, 0.1) is 0 Å². The molecule has 23 heavy (non-hydrogen) atoms. The summed E-state index contributed by atoms with van der Waals surface area (Å²) in [5.41, 5.74) is 0.454. The molecular formula is C17H20N2O3S. The number of rotatable bonds is 6. The Kier molecular flexibility index (Phi) is 5.50. The van der Waals surface area contributed by atoms with Crippen molar-refractivity contribution in [2.75, 3.05) is 13.1 Å². The van der Waals surface area contributed by atoms with Crippen LogP contribution in [0.5, 0.6) is 0 Å². The van der Waals surface area contributed by atoms with Crippen LogP contribution in [0.15, 0.2) is 59.8 Å². The van der Waals surface area contributed by atoms with E-state index in [2.05, 4.69) is 4.98 Å². The number of amides is 1. The summed E-state index contributed by atoms with van der Waals surface area (Å²) in [5.74, 6) is -0.424. The lowest BCUT2D eigenvalue weighted by molar-refractivity contribution is -0.130. The summed E-state index contributed by atoms with van der Waals surface area (Å²) in [6, 6.07) is 13.2. The first-order valence-corrected chi connectivity index (χ1v) is 9.05. The van der Waals surface area contributed by atoms with E-state index in [4.69, 9.17) is 0 Å². The van der Waals surface area contributed by atoms with Crippen molar-refractivity contribution in [3.63, 3.8) is 0 Å². The van der Waals surface area contributed by atoms with E-state index in [1.807, 2.05) is 13.8 Å². The lowest BCUT2D eigenvalue weighted by Gasteiger charge is -2.25. The van der Waals surface area contributed by atoms with Gasteiger partial charge in [0, 0.05) is 19.3 Å². The fourth-order valence-electron chi connectivity index (χ4n) is 2.42. The number of carbonyl (C=O) groups excluding carboxylic acids is 1. The Bertz CT molecular complexity index is 742. The molecular weight excluding hydrogens is 312 g/mol. The van der Waals surface area contributed by atoms with E-state index >= 15 is 0 Å². The summed E-state index contributed by atoms with van der Waals surface area (Å²) >= 11 is 0. The highest BCUT2D eigenvalue weighted by molar-refractivity contribution is 7.92. The first-order chi connectivity index (χ1) is 11.0. The van der Waals surface area contributed by atoms with Crippen LogP contribution in [0.4, 0.5) is 0 Å². The van der Waals surface area contributed by atoms with E-state index in [-0.39, 0.29) is 5.03 Å². The normalized spacial score (nSPS) is 12.6. The highest BCUT2D eigenvalue weighted by atomic mass is 32.2. The van der Waals surface area contributed by atoms with Crippen molar-refractivity contribution in [3.8, 4) is 0 Å². The predicted molar refractivity (Wildman–Crippen MR) is 88.5 cm³/mol. The van der Waals surface area contributed by atoms with Gasteiger partial charge in [0.15, 0.2) is 10.3 Å². The van der Waals surface area contributed by atoms with Crippen molar-refractivity contribution < 1.29 is 13.2 Å². The molecule has 0 bridgehead atoms. The molecule has 6 heteroatoms. The van der Waals surface area contributed by atoms with Crippen molar-refractivity contribution >= 4 is 15.7 Å². The molecule has 1 amide bonds. The molecule has 2 rings (SSSR count). The second-order valence-corrected chi connectivity index (χ2v) is 6.99. The third kappa shape index (κ3) is 3.59. The minimum atomic E-state index is -3.92. The van der Waals surface area contributed by atoms with Gasteiger partial charge < -0.3 is 4.90 Å². The molecule has 0 fully saturated rings. The van der Waals surface area contributed by atoms with E-state index in [1.165, 1.54) is 17.2 Å². The van der Waals surface area contributed by atoms with Crippen LogP contribution in [0.3, 0.4) is 0 Å². The first-order valence-electron chi connectivity index (χ1n) is 7.51. The van der Waals surface area contributed by atoms with Crippen LogP contribution < -0.4 is 0 Å². The van der Waals surface area contributed by atoms with Gasteiger partial charge in [0.2, 0.25) is 15.7 Å². The smallest absolute Gasteiger partial charge is 0.245 e. The van der Waals surface area contributed by atoms with E-state index in [9.17, 15) is 13.2 Å². The van der Waals surface area contributed by atoms with Crippen molar-refractivity contribution in [1.29, 1.82) is 0 Å². The fourth-order valence-corrected chi connectivity index (χ4v) is 4.07. The van der Waals surface area contributed by atoms with Gasteiger partial charge in [-0.2, -0.15) is 0 Å². The molecule has 122 valence electrons. The fraction of sp³-hybridized carbons (Fsp3) is 0.294. The van der Waals surface area contributed by atoms with Gasteiger partial charge >= 0.3 is 0 Å². The molecule has 0 aliphatic heterocycles. The van der Waals surface area contributed by atoms with Gasteiger partial charge in [-0.3, -0.25) is 4.79 Å². The molecule has 0 radical (unpaired) electrons. The quantitative estimate of drug-likeness (QED) is 0.815. The van der Waals surface area contributed by atoms with Gasteiger partial charge in [0.25, 0.3) is 0 Å². The highest BCUT2D eigenvalue weighted by Crippen LogP contribution is 2.29. The minimum absolute atomic E-state index is 0.0886. The number of hydrogen-bond acceptors (Lipinski definition) is 4. The summed E-state index contributed by atoms with van der Waals surface area (Å²) in [4.78, 5) is 18.3. The maximum absolute atomic E-state index is 13.0. The van der Waals surface area contributed by atoms with Gasteiger partial charge in [-0.1, -0.05) is 36.4 Å². The van der Waals surface area contributed by atoms with E-state index < -0.39 is 21.0 Å². The Morgan fingerprint density at radius 3 is 2.17 bits per heavy atom. The highest BCUT2D eigenvalue weighted by Gasteiger charge is 2.38. The standard InChI is InChI=1S/C17H20N2O3S/c1-3-19(4-2)17(20)16(14-10-6-5-7-11-14)23(21,22)15-12-8-9-13-18-15/h5-13,16H,3-4H2,1-2H3/t16-/m0/s1. The SMILES string of the molecule is CCN(CC)C(=O)[C@H](c1ccccc1)S(=O)(=O)c1ccccn1. The van der Waals surface area contributed by atoms with Crippen LogP contribution in [0.25, 0.3) is 0 Å². The zero-order valence-electron chi connectivity index (χ0n) is 13.2. The van der Waals surface area contributed by atoms with E-state index in [1.54, 1.807) is 42.5 Å². The average Bonchev–Trinajstić information content (AvgIpc) is 2.58. The van der Waals surface area contributed by atoms with Gasteiger partial charge in [-0.15, -0.1) is 0 Å². The number of hydrogen-bond donors (Lipinski definition) is 0. The number of benzene rings is 1. The Hall–Kier alpha value is -2.21. The summed E-state index contributed by atoms with van der Waals surface area (Å²) in [5, 5.41) is -1.37. The molecule has 0 unspecified atom stereocenters. The lowest BCUT2D eigenvalue weighted by Crippen LogP contribution is -2.38. The number of carbonyl (C=O) groups is 1. The lowest BCUT2D eigenvalue weighted by atomic mass is 10.1. The predicted octanol–water partition coefficient (Wildman–Crippen LogP) is 2.47. The number of nitrogens with zero attached hydrogens (tertiary/aromatic N) is 2. The monoisotopic (exact) mass is 332 g/mol. The summed E-state index contributed by atoms with van der Waals surface area (Å²) in [6.07, 6.45) is 1.41. The van der Waals surface area contributed by atoms with Crippen LogP contribution in [0.2, 0.25) is 0 Å². The third-order valence-electron chi connectivity index (χ3n) is 3.64. The van der Waals surface area contributed by atoms with Crippen LogP contribution in [-0.2, 0) is 14.6 Å². The molecule has 1 heterocycles. The van der Waals surface area contributed by atoms with Crippen LogP contribution in [0.1, 0.15) is 24.7 Å². The van der Waals surface area contributed by atoms with Crippen molar-refractivity contribution in [1.82, 2.24) is 9.88 Å². The molecule has 0 spiro atoms. The second-order valence-electron chi connectivity index (χ2n) is 5.01. The van der Waals surface area contributed by atoms with Gasteiger partial charge in [0.05, 0.1) is 0 Å². The molecule has 0 aliphatic carbocycles. The van der Waals surface area contributed by atoms with Crippen molar-refractivity contribution in [2.24, 2.45) is 0 Å². The Morgan fingerprint density at radius 1 is 1.04 bits per heavy atom. The second kappa shape index (κ2) is 7.37. The largest absolute Gasteiger partial charge is 0.342 e. The van der Waals surface area contributed by atoms with Crippen LogP contribution in [-0.4, -0.2) is 37.3 Å². The zero-order valence-corrected chi connectivity index (χ0v) is 14.0. The average molecular weight is 332 g/mol. The van der Waals surface area contributed by atoms with E-state index in [0.717, 1.165) is 0 Å². The zero-order chi connectivity index (χ0) is 16.9. The first kappa shape index (κ1) is 17.1. The minimum Gasteiger partial charge on any atom is -0.342 e. The molecule has 0 aliphatic rings. The summed E-state index contributed by atoms with van der Waals surface area (Å²) in [6.45, 7) is 4.57. The number of sulfone groups is 1. The van der Waals surface area contributed by atoms with Crippen LogP contribution >= 0.6 is 0 Å². The van der Waals surface area contributed by atoms with Gasteiger partial charge in [-0.05, 0) is 31.5 Å². The van der Waals surface area contributed by atoms with Crippen molar-refractivity contribution in [3.05, 3.63) is 60.3 Å². The summed E-state index contributed by atoms with van der Waals surface area (Å²) < 4.78 is 26.0. The molecule has 2 aromatic rings. The molecule has 0 saturated carbocycles. The Morgan fingerprint density at radius 2 is 1.65 bits per heavy atom. The molecule has 0 N–H and O–H groups in total. The molecule has 0 saturated heterocycles. The Balaban J connectivity index is 2.57. The maximum atomic E-state index is 13.0. The molecule has 1 aromatic carbocycles. The number of aromatic nitrogens is 1. The Labute approximate surface area is 136 Å². The number of likely N-dealkylation sites (N-methyl/N-ethyl adjacent to an activating group) is 1. The topological polar surface area (TPSA) is 67.3 Å². The molecule has 5 nitrogen and oxygen atoms in total. The van der Waals surface area contributed by atoms with Crippen molar-refractivity contribution in [2.45, 2.75) is 24.1 Å². The molecule has 1 aromatic heterocycles. The van der Waals surface area contributed by atoms with Gasteiger partial charge in [0.1, 0.15) is 0 Å². The maximum Gasteiger partial charge on any atom is 0.245 e. The van der Waals surface area contributed by atoms with Gasteiger partial charge in [-0.25, -0.2) is 13.4 Å². The number of pyridine rings is 1. The summed E-state index contributed by atoms with van der Waals surface area (Å²) in [7, 11) is -3.92. The van der Waals surface area contributed by atoms with E-state index in [0.29, 0.717) is 18.7 Å². The molecule has 1 atom stereocenters.